The number of thiazole rings is 1. The van der Waals surface area contributed by atoms with E-state index in [0.717, 1.165) is 19.4 Å². The number of carboxylic acid groups (broad SMARTS) is 1. The summed E-state index contributed by atoms with van der Waals surface area (Å²) < 4.78 is 0.203. The van der Waals surface area contributed by atoms with Crippen LogP contribution in [0.1, 0.15) is 37.2 Å². The number of carbonyl (C=O) groups is 1. The Balaban J connectivity index is 2.62. The number of hydrogen-bond acceptors (Lipinski definition) is 5. The maximum Gasteiger partial charge on any atom is 0.355 e. The minimum Gasteiger partial charge on any atom is -0.476 e. The predicted molar refractivity (Wildman–Crippen MR) is 74.4 cm³/mol. The van der Waals surface area contributed by atoms with E-state index in [1.54, 1.807) is 5.38 Å². The number of aromatic carboxylic acids is 1. The molecule has 0 radical (unpaired) electrons. The summed E-state index contributed by atoms with van der Waals surface area (Å²) in [5, 5.41) is 14.3. The molecule has 0 aliphatic heterocycles. The van der Waals surface area contributed by atoms with Gasteiger partial charge in [0.1, 0.15) is 0 Å². The first-order chi connectivity index (χ1) is 8.06. The summed E-state index contributed by atoms with van der Waals surface area (Å²) in [6, 6.07) is 0. The molecule has 17 heavy (non-hydrogen) atoms. The van der Waals surface area contributed by atoms with E-state index in [1.165, 1.54) is 11.3 Å². The van der Waals surface area contributed by atoms with Crippen molar-refractivity contribution >= 4 is 34.2 Å². The summed E-state index contributed by atoms with van der Waals surface area (Å²) in [6.07, 6.45) is 4.27. The molecule has 0 fully saturated rings. The first-order valence-electron chi connectivity index (χ1n) is 5.54. The summed E-state index contributed by atoms with van der Waals surface area (Å²) in [7, 11) is 0. The fourth-order valence-electron chi connectivity index (χ4n) is 1.55. The summed E-state index contributed by atoms with van der Waals surface area (Å²) in [6.45, 7) is 5.16. The van der Waals surface area contributed by atoms with Gasteiger partial charge in [0.25, 0.3) is 0 Å². The molecule has 0 amide bonds. The molecule has 1 heterocycles. The summed E-state index contributed by atoms with van der Waals surface area (Å²) >= 11 is 3.19. The summed E-state index contributed by atoms with van der Waals surface area (Å²) in [5.74, 6) is -0.976. The molecule has 1 aromatic heterocycles. The molecule has 0 saturated carbocycles. The highest BCUT2D eigenvalue weighted by Crippen LogP contribution is 2.31. The molecule has 0 aromatic carbocycles. The van der Waals surface area contributed by atoms with Gasteiger partial charge in [0.05, 0.1) is 0 Å². The van der Waals surface area contributed by atoms with Crippen LogP contribution in [0.5, 0.6) is 0 Å². The van der Waals surface area contributed by atoms with Crippen LogP contribution in [0.3, 0.4) is 0 Å². The molecular formula is C11H18N2O2S2. The molecule has 1 rings (SSSR count). The molecule has 0 aliphatic rings. The van der Waals surface area contributed by atoms with Crippen molar-refractivity contribution in [1.29, 1.82) is 0 Å². The Morgan fingerprint density at radius 3 is 2.65 bits per heavy atom. The largest absolute Gasteiger partial charge is 0.476 e. The van der Waals surface area contributed by atoms with E-state index in [9.17, 15) is 4.79 Å². The Kier molecular flexibility index (Phi) is 5.27. The molecule has 0 aliphatic carbocycles. The van der Waals surface area contributed by atoms with E-state index >= 15 is 0 Å². The Morgan fingerprint density at radius 2 is 2.24 bits per heavy atom. The normalized spacial score (nSPS) is 11.5. The van der Waals surface area contributed by atoms with Crippen molar-refractivity contribution in [2.75, 3.05) is 18.1 Å². The smallest absolute Gasteiger partial charge is 0.355 e. The predicted octanol–water partition coefficient (Wildman–Crippen LogP) is 3.18. The van der Waals surface area contributed by atoms with Gasteiger partial charge < -0.3 is 10.4 Å². The highest BCUT2D eigenvalue weighted by atomic mass is 32.2. The first kappa shape index (κ1) is 14.3. The Hall–Kier alpha value is -0.750. The highest BCUT2D eigenvalue weighted by Gasteiger charge is 2.24. The number of carboxylic acids is 1. The van der Waals surface area contributed by atoms with Gasteiger partial charge in [-0.3, -0.25) is 0 Å². The van der Waals surface area contributed by atoms with Crippen LogP contribution in [-0.4, -0.2) is 33.6 Å². The van der Waals surface area contributed by atoms with E-state index in [4.69, 9.17) is 5.11 Å². The van der Waals surface area contributed by atoms with Crippen LogP contribution >= 0.6 is 23.1 Å². The van der Waals surface area contributed by atoms with Gasteiger partial charge in [0.2, 0.25) is 0 Å². The molecule has 0 bridgehead atoms. The quantitative estimate of drug-likeness (QED) is 0.799. The van der Waals surface area contributed by atoms with Crippen LogP contribution in [-0.2, 0) is 0 Å². The van der Waals surface area contributed by atoms with Crippen LogP contribution in [0, 0.1) is 0 Å². The maximum atomic E-state index is 10.7. The van der Waals surface area contributed by atoms with Crippen LogP contribution in [0.2, 0.25) is 0 Å². The van der Waals surface area contributed by atoms with E-state index in [1.807, 2.05) is 11.8 Å². The van der Waals surface area contributed by atoms with Crippen molar-refractivity contribution in [2.45, 2.75) is 31.4 Å². The zero-order valence-electron chi connectivity index (χ0n) is 10.3. The maximum absolute atomic E-state index is 10.7. The minimum atomic E-state index is -0.976. The first-order valence-corrected chi connectivity index (χ1v) is 7.65. The van der Waals surface area contributed by atoms with Gasteiger partial charge in [-0.2, -0.15) is 11.8 Å². The Labute approximate surface area is 110 Å². The van der Waals surface area contributed by atoms with E-state index < -0.39 is 5.97 Å². The van der Waals surface area contributed by atoms with Gasteiger partial charge >= 0.3 is 5.97 Å². The third kappa shape index (κ3) is 3.61. The number of thioether (sulfide) groups is 1. The van der Waals surface area contributed by atoms with E-state index in [0.29, 0.717) is 5.13 Å². The number of rotatable bonds is 7. The summed E-state index contributed by atoms with van der Waals surface area (Å²) in [5.41, 5.74) is 0.111. The number of nitrogens with one attached hydrogen (secondary N) is 1. The SMILES string of the molecule is CCC(CC)(CNc1nc(C(=O)O)cs1)SC. The molecule has 4 nitrogen and oxygen atoms in total. The minimum absolute atomic E-state index is 0.111. The second-order valence-corrected chi connectivity index (χ2v) is 5.92. The molecular weight excluding hydrogens is 256 g/mol. The van der Waals surface area contributed by atoms with Crippen molar-refractivity contribution in [1.82, 2.24) is 4.98 Å². The standard InChI is InChI=1S/C11H18N2O2S2/c1-4-11(5-2,16-3)7-12-10-13-8(6-17-10)9(14)15/h6H,4-5,7H2,1-3H3,(H,12,13)(H,14,15). The lowest BCUT2D eigenvalue weighted by Crippen LogP contribution is -2.31. The molecule has 0 saturated heterocycles. The average molecular weight is 274 g/mol. The second-order valence-electron chi connectivity index (χ2n) is 3.79. The van der Waals surface area contributed by atoms with Gasteiger partial charge in [-0.25, -0.2) is 9.78 Å². The van der Waals surface area contributed by atoms with Gasteiger partial charge in [-0.05, 0) is 19.1 Å². The van der Waals surface area contributed by atoms with Gasteiger partial charge in [-0.15, -0.1) is 11.3 Å². The molecule has 1 aromatic rings. The van der Waals surface area contributed by atoms with E-state index in [-0.39, 0.29) is 10.4 Å². The second kappa shape index (κ2) is 6.26. The van der Waals surface area contributed by atoms with Crippen LogP contribution in [0.4, 0.5) is 5.13 Å². The Bertz CT molecular complexity index is 367. The molecule has 0 unspecified atom stereocenters. The Morgan fingerprint density at radius 1 is 1.59 bits per heavy atom. The number of aromatic nitrogens is 1. The topological polar surface area (TPSA) is 62.2 Å². The van der Waals surface area contributed by atoms with Crippen LogP contribution in [0.15, 0.2) is 5.38 Å². The zero-order chi connectivity index (χ0) is 12.9. The number of nitrogens with zero attached hydrogens (tertiary/aromatic N) is 1. The molecule has 0 spiro atoms. The lowest BCUT2D eigenvalue weighted by Gasteiger charge is -2.29. The van der Waals surface area contributed by atoms with Crippen molar-refractivity contribution in [2.24, 2.45) is 0 Å². The van der Waals surface area contributed by atoms with Crippen molar-refractivity contribution in [3.63, 3.8) is 0 Å². The number of hydrogen-bond donors (Lipinski definition) is 2. The molecule has 6 heteroatoms. The van der Waals surface area contributed by atoms with Crippen molar-refractivity contribution in [3.8, 4) is 0 Å². The third-order valence-electron chi connectivity index (χ3n) is 3.01. The van der Waals surface area contributed by atoms with Crippen molar-refractivity contribution in [3.05, 3.63) is 11.1 Å². The fraction of sp³-hybridized carbons (Fsp3) is 0.636. The van der Waals surface area contributed by atoms with Gasteiger partial charge in [-0.1, -0.05) is 13.8 Å². The fourth-order valence-corrected chi connectivity index (χ4v) is 3.03. The lowest BCUT2D eigenvalue weighted by molar-refractivity contribution is 0.0691. The monoisotopic (exact) mass is 274 g/mol. The molecule has 96 valence electrons. The lowest BCUT2D eigenvalue weighted by atomic mass is 10.0. The van der Waals surface area contributed by atoms with Crippen LogP contribution < -0.4 is 5.32 Å². The average Bonchev–Trinajstić information content (AvgIpc) is 2.81. The highest BCUT2D eigenvalue weighted by molar-refractivity contribution is 8.00. The third-order valence-corrected chi connectivity index (χ3v) is 5.39. The zero-order valence-corrected chi connectivity index (χ0v) is 12.0. The van der Waals surface area contributed by atoms with Gasteiger partial charge in [0.15, 0.2) is 10.8 Å². The van der Waals surface area contributed by atoms with Gasteiger partial charge in [0, 0.05) is 16.7 Å². The number of anilines is 1. The van der Waals surface area contributed by atoms with Crippen molar-refractivity contribution < 1.29 is 9.90 Å². The van der Waals surface area contributed by atoms with Crippen LogP contribution in [0.25, 0.3) is 0 Å². The molecule has 2 N–H and O–H groups in total. The molecule has 0 atom stereocenters. The van der Waals surface area contributed by atoms with E-state index in [2.05, 4.69) is 30.4 Å². The summed E-state index contributed by atoms with van der Waals surface area (Å²) in [4.78, 5) is 14.7.